The number of rotatable bonds is 3. The van der Waals surface area contributed by atoms with Crippen molar-refractivity contribution in [1.82, 2.24) is 14.5 Å². The summed E-state index contributed by atoms with van der Waals surface area (Å²) in [5.41, 5.74) is 2.67. The molecule has 1 fully saturated rings. The second-order valence-electron chi connectivity index (χ2n) is 6.67. The van der Waals surface area contributed by atoms with Gasteiger partial charge in [0, 0.05) is 11.8 Å². The average Bonchev–Trinajstić information content (AvgIpc) is 3.11. The van der Waals surface area contributed by atoms with Gasteiger partial charge < -0.3 is 14.8 Å². The fourth-order valence-corrected chi connectivity index (χ4v) is 3.99. The molecule has 2 atom stereocenters. The van der Waals surface area contributed by atoms with Crippen molar-refractivity contribution in [1.29, 1.82) is 0 Å². The molecule has 23 heavy (non-hydrogen) atoms. The Morgan fingerprint density at radius 3 is 2.83 bits per heavy atom. The highest BCUT2D eigenvalue weighted by molar-refractivity contribution is 5.67. The number of hydrogen-bond acceptors (Lipinski definition) is 4. The van der Waals surface area contributed by atoms with E-state index in [0.29, 0.717) is 6.42 Å². The van der Waals surface area contributed by atoms with Gasteiger partial charge in [0.25, 0.3) is 0 Å². The molecule has 0 aromatic carbocycles. The summed E-state index contributed by atoms with van der Waals surface area (Å²) < 4.78 is 15.6. The van der Waals surface area contributed by atoms with Gasteiger partial charge in [-0.1, -0.05) is 0 Å². The minimum atomic E-state index is -0.497. The smallest absolute Gasteiger partial charge is 0.213 e. The van der Waals surface area contributed by atoms with E-state index >= 15 is 0 Å². The minimum Gasteiger partial charge on any atom is -0.393 e. The van der Waals surface area contributed by atoms with E-state index in [4.69, 9.17) is 0 Å². The van der Waals surface area contributed by atoms with Crippen LogP contribution in [0, 0.1) is 11.9 Å². The van der Waals surface area contributed by atoms with Crippen LogP contribution in [0.5, 0.6) is 0 Å². The second kappa shape index (κ2) is 5.69. The van der Waals surface area contributed by atoms with Crippen LogP contribution in [0.3, 0.4) is 0 Å². The molecular weight excluding hydrogens is 297 g/mol. The van der Waals surface area contributed by atoms with Crippen molar-refractivity contribution in [2.45, 2.75) is 50.4 Å². The van der Waals surface area contributed by atoms with Crippen LogP contribution >= 0.6 is 0 Å². The van der Waals surface area contributed by atoms with E-state index < -0.39 is 12.1 Å². The normalized spacial score (nSPS) is 27.5. The van der Waals surface area contributed by atoms with Crippen LogP contribution in [-0.4, -0.2) is 37.0 Å². The van der Waals surface area contributed by atoms with Crippen molar-refractivity contribution in [2.75, 3.05) is 0 Å². The Morgan fingerprint density at radius 1 is 1.26 bits per heavy atom. The Bertz CT molecular complexity index is 710. The summed E-state index contributed by atoms with van der Waals surface area (Å²) in [6.07, 6.45) is 8.03. The van der Waals surface area contributed by atoms with E-state index in [1.54, 1.807) is 18.7 Å². The number of fused-ring (bicyclic) bond motifs is 3. The first-order chi connectivity index (χ1) is 11.1. The summed E-state index contributed by atoms with van der Waals surface area (Å²) in [6, 6.07) is 1.35. The quantitative estimate of drug-likeness (QED) is 0.852. The largest absolute Gasteiger partial charge is 0.393 e. The molecule has 5 nitrogen and oxygen atoms in total. The number of aliphatic hydroxyl groups is 2. The summed E-state index contributed by atoms with van der Waals surface area (Å²) in [4.78, 5) is 7.91. The summed E-state index contributed by atoms with van der Waals surface area (Å²) in [5, 5.41) is 20.3. The summed E-state index contributed by atoms with van der Waals surface area (Å²) >= 11 is 0. The maximum absolute atomic E-state index is 13.6. The number of pyridine rings is 1. The third-order valence-electron chi connectivity index (χ3n) is 5.29. The van der Waals surface area contributed by atoms with Crippen LogP contribution in [0.2, 0.25) is 0 Å². The minimum absolute atomic E-state index is 0.109. The molecule has 0 saturated heterocycles. The molecule has 2 aliphatic rings. The van der Waals surface area contributed by atoms with Crippen molar-refractivity contribution in [3.63, 3.8) is 0 Å². The van der Waals surface area contributed by atoms with Gasteiger partial charge >= 0.3 is 0 Å². The number of nitrogens with zero attached hydrogens (tertiary/aromatic N) is 3. The molecule has 1 aliphatic heterocycles. The van der Waals surface area contributed by atoms with E-state index in [9.17, 15) is 14.6 Å². The van der Waals surface area contributed by atoms with E-state index in [0.717, 1.165) is 42.5 Å². The van der Waals surface area contributed by atoms with Crippen molar-refractivity contribution in [3.8, 4) is 11.3 Å². The van der Waals surface area contributed by atoms with Gasteiger partial charge in [-0.15, -0.1) is 0 Å². The highest BCUT2D eigenvalue weighted by Gasteiger charge is 2.34. The molecule has 0 unspecified atom stereocenters. The van der Waals surface area contributed by atoms with E-state index in [-0.39, 0.29) is 18.1 Å². The third-order valence-corrected chi connectivity index (χ3v) is 5.29. The standard InChI is InChI=1S/C17H20FN3O2/c18-17-5-12-13(7-20-17)15-8-19-9-21(15)14(12)6-16(23)10-1-3-11(22)4-2-10/h5,7-11,14,16,22-23H,1-4,6H2/t10?,11?,14-,16+/m1/s1. The van der Waals surface area contributed by atoms with Crippen molar-refractivity contribution < 1.29 is 14.6 Å². The topological polar surface area (TPSA) is 71.2 Å². The molecule has 3 heterocycles. The number of imidazole rings is 1. The Hall–Kier alpha value is -1.79. The molecule has 6 heteroatoms. The Labute approximate surface area is 133 Å². The molecule has 1 saturated carbocycles. The van der Waals surface area contributed by atoms with Crippen molar-refractivity contribution in [2.24, 2.45) is 5.92 Å². The van der Waals surface area contributed by atoms with E-state index in [1.165, 1.54) is 6.07 Å². The number of hydrogen-bond donors (Lipinski definition) is 2. The molecule has 0 radical (unpaired) electrons. The van der Waals surface area contributed by atoms with E-state index in [2.05, 4.69) is 9.97 Å². The lowest BCUT2D eigenvalue weighted by atomic mass is 9.81. The van der Waals surface area contributed by atoms with Crippen LogP contribution in [0.15, 0.2) is 24.8 Å². The Morgan fingerprint density at radius 2 is 2.04 bits per heavy atom. The van der Waals surface area contributed by atoms with Crippen LogP contribution in [0.25, 0.3) is 11.3 Å². The maximum Gasteiger partial charge on any atom is 0.213 e. The monoisotopic (exact) mass is 317 g/mol. The molecule has 0 spiro atoms. The van der Waals surface area contributed by atoms with Crippen molar-refractivity contribution in [3.05, 3.63) is 36.3 Å². The molecule has 0 amide bonds. The molecule has 1 aliphatic carbocycles. The average molecular weight is 317 g/mol. The third kappa shape index (κ3) is 2.56. The van der Waals surface area contributed by atoms with Gasteiger partial charge in [-0.25, -0.2) is 9.97 Å². The lowest BCUT2D eigenvalue weighted by Crippen LogP contribution is -2.29. The van der Waals surface area contributed by atoms with E-state index in [1.807, 2.05) is 4.57 Å². The second-order valence-corrected chi connectivity index (χ2v) is 6.67. The van der Waals surface area contributed by atoms with Gasteiger partial charge in [0.15, 0.2) is 0 Å². The number of aliphatic hydroxyl groups excluding tert-OH is 2. The first kappa shape index (κ1) is 14.8. The van der Waals surface area contributed by atoms with Gasteiger partial charge in [0.1, 0.15) is 0 Å². The number of aromatic nitrogens is 3. The SMILES string of the molecule is OC1CCC([C@@H](O)C[C@@H]2c3cc(F)ncc3-c3cncn32)CC1. The van der Waals surface area contributed by atoms with Crippen LogP contribution in [0.1, 0.15) is 43.7 Å². The summed E-state index contributed by atoms with van der Waals surface area (Å²) in [6.45, 7) is 0. The highest BCUT2D eigenvalue weighted by Crippen LogP contribution is 2.42. The predicted octanol–water partition coefficient (Wildman–Crippen LogP) is 2.29. The van der Waals surface area contributed by atoms with Crippen LogP contribution in [0.4, 0.5) is 4.39 Å². The Kier molecular flexibility index (Phi) is 3.66. The molecular formula is C17H20FN3O2. The van der Waals surface area contributed by atoms with Gasteiger partial charge in [-0.2, -0.15) is 4.39 Å². The van der Waals surface area contributed by atoms with Crippen LogP contribution < -0.4 is 0 Å². The fourth-order valence-electron chi connectivity index (χ4n) is 3.99. The van der Waals surface area contributed by atoms with Crippen LogP contribution in [-0.2, 0) is 0 Å². The zero-order chi connectivity index (χ0) is 16.0. The summed E-state index contributed by atoms with van der Waals surface area (Å²) in [5.74, 6) is -0.302. The molecule has 122 valence electrons. The molecule has 2 N–H and O–H groups in total. The maximum atomic E-state index is 13.6. The fraction of sp³-hybridized carbons (Fsp3) is 0.529. The highest BCUT2D eigenvalue weighted by atomic mass is 19.1. The first-order valence-corrected chi connectivity index (χ1v) is 8.17. The lowest BCUT2D eigenvalue weighted by Gasteiger charge is -2.31. The Balaban J connectivity index is 1.58. The molecule has 0 bridgehead atoms. The zero-order valence-electron chi connectivity index (χ0n) is 12.8. The van der Waals surface area contributed by atoms with Crippen molar-refractivity contribution >= 4 is 0 Å². The molecule has 4 rings (SSSR count). The number of halogens is 1. The van der Waals surface area contributed by atoms with Gasteiger partial charge in [0.2, 0.25) is 5.95 Å². The lowest BCUT2D eigenvalue weighted by molar-refractivity contribution is 0.0329. The predicted molar refractivity (Wildman–Crippen MR) is 82.1 cm³/mol. The van der Waals surface area contributed by atoms with Gasteiger partial charge in [-0.05, 0) is 49.7 Å². The first-order valence-electron chi connectivity index (χ1n) is 8.17. The molecule has 2 aromatic heterocycles. The molecule has 2 aromatic rings. The zero-order valence-corrected chi connectivity index (χ0v) is 12.8. The summed E-state index contributed by atoms with van der Waals surface area (Å²) in [7, 11) is 0. The van der Waals surface area contributed by atoms with Gasteiger partial charge in [0.05, 0.1) is 36.5 Å². The van der Waals surface area contributed by atoms with Gasteiger partial charge in [-0.3, -0.25) is 0 Å².